The summed E-state index contributed by atoms with van der Waals surface area (Å²) in [5, 5.41) is 0. The van der Waals surface area contributed by atoms with E-state index in [1.807, 2.05) is 31.7 Å². The predicted molar refractivity (Wildman–Crippen MR) is 79.1 cm³/mol. The minimum atomic E-state index is -0.396. The van der Waals surface area contributed by atoms with Gasteiger partial charge in [-0.1, -0.05) is 13.0 Å². The van der Waals surface area contributed by atoms with Crippen LogP contribution in [-0.4, -0.2) is 29.7 Å². The monoisotopic (exact) mass is 267 g/mol. The van der Waals surface area contributed by atoms with Crippen LogP contribution in [0.15, 0.2) is 12.7 Å². The molecule has 3 nitrogen and oxygen atoms in total. The van der Waals surface area contributed by atoms with Gasteiger partial charge in [0, 0.05) is 13.1 Å². The zero-order chi connectivity index (χ0) is 14.5. The summed E-state index contributed by atoms with van der Waals surface area (Å²) in [6.45, 7) is 13.5. The van der Waals surface area contributed by atoms with E-state index in [1.165, 1.54) is 6.42 Å². The van der Waals surface area contributed by atoms with Gasteiger partial charge in [-0.25, -0.2) is 4.79 Å². The third-order valence-electron chi connectivity index (χ3n) is 3.57. The Balaban J connectivity index is 2.32. The molecule has 0 N–H and O–H groups in total. The lowest BCUT2D eigenvalue weighted by Crippen LogP contribution is -2.41. The van der Waals surface area contributed by atoms with Crippen LogP contribution >= 0.6 is 0 Å². The summed E-state index contributed by atoms with van der Waals surface area (Å²) in [6.07, 6.45) is 6.37. The number of carbonyl (C=O) groups is 1. The first-order valence-corrected chi connectivity index (χ1v) is 7.40. The van der Waals surface area contributed by atoms with Gasteiger partial charge < -0.3 is 9.64 Å². The zero-order valence-electron chi connectivity index (χ0n) is 12.9. The van der Waals surface area contributed by atoms with Crippen LogP contribution in [0, 0.1) is 11.8 Å². The van der Waals surface area contributed by atoms with Crippen molar-refractivity contribution in [3.05, 3.63) is 12.7 Å². The molecular formula is C16H29NO2. The molecule has 0 radical (unpaired) electrons. The van der Waals surface area contributed by atoms with Gasteiger partial charge in [-0.2, -0.15) is 0 Å². The third-order valence-corrected chi connectivity index (χ3v) is 3.57. The first-order chi connectivity index (χ1) is 8.81. The molecular weight excluding hydrogens is 238 g/mol. The van der Waals surface area contributed by atoms with Gasteiger partial charge in [-0.15, -0.1) is 6.58 Å². The number of allylic oxidation sites excluding steroid dienone is 1. The van der Waals surface area contributed by atoms with Crippen molar-refractivity contribution < 1.29 is 9.53 Å². The predicted octanol–water partition coefficient (Wildman–Crippen LogP) is 4.24. The van der Waals surface area contributed by atoms with Crippen LogP contribution in [0.3, 0.4) is 0 Å². The van der Waals surface area contributed by atoms with Gasteiger partial charge in [0.1, 0.15) is 5.60 Å². The fraction of sp³-hybridized carbons (Fsp3) is 0.812. The van der Waals surface area contributed by atoms with Crippen molar-refractivity contribution in [2.24, 2.45) is 11.8 Å². The van der Waals surface area contributed by atoms with Gasteiger partial charge in [0.2, 0.25) is 0 Å². The summed E-state index contributed by atoms with van der Waals surface area (Å²) in [7, 11) is 0. The Hall–Kier alpha value is -0.990. The minimum absolute atomic E-state index is 0.162. The van der Waals surface area contributed by atoms with E-state index in [4.69, 9.17) is 4.74 Å². The van der Waals surface area contributed by atoms with Crippen LogP contribution in [0.2, 0.25) is 0 Å². The molecule has 1 aliphatic rings. The average Bonchev–Trinajstić information content (AvgIpc) is 2.27. The number of rotatable bonds is 4. The first kappa shape index (κ1) is 16.1. The second kappa shape index (κ2) is 6.97. The number of hydrogen-bond donors (Lipinski definition) is 0. The fourth-order valence-corrected chi connectivity index (χ4v) is 2.63. The van der Waals surface area contributed by atoms with E-state index in [9.17, 15) is 4.79 Å². The number of amides is 1. The molecule has 1 fully saturated rings. The lowest BCUT2D eigenvalue weighted by Gasteiger charge is -2.34. The molecule has 1 aliphatic heterocycles. The van der Waals surface area contributed by atoms with Crippen molar-refractivity contribution >= 4 is 6.09 Å². The van der Waals surface area contributed by atoms with E-state index in [0.29, 0.717) is 5.92 Å². The van der Waals surface area contributed by atoms with Crippen molar-refractivity contribution in [1.82, 2.24) is 4.90 Å². The Morgan fingerprint density at radius 3 is 2.47 bits per heavy atom. The number of carbonyl (C=O) groups excluding carboxylic acids is 1. The molecule has 1 atom stereocenters. The first-order valence-electron chi connectivity index (χ1n) is 7.40. The molecule has 3 heteroatoms. The van der Waals surface area contributed by atoms with Crippen molar-refractivity contribution in [1.29, 1.82) is 0 Å². The molecule has 0 bridgehead atoms. The van der Waals surface area contributed by atoms with Gasteiger partial charge in [0.15, 0.2) is 0 Å². The molecule has 1 heterocycles. The molecule has 0 aromatic heterocycles. The van der Waals surface area contributed by atoms with Crippen LogP contribution < -0.4 is 0 Å². The smallest absolute Gasteiger partial charge is 0.410 e. The maximum absolute atomic E-state index is 11.9. The zero-order valence-corrected chi connectivity index (χ0v) is 12.9. The summed E-state index contributed by atoms with van der Waals surface area (Å²) in [5.74, 6) is 1.45. The van der Waals surface area contributed by atoms with Crippen LogP contribution in [0.4, 0.5) is 4.79 Å². The minimum Gasteiger partial charge on any atom is -0.444 e. The second-order valence-corrected chi connectivity index (χ2v) is 6.78. The molecule has 1 amide bonds. The number of ether oxygens (including phenoxy) is 1. The molecule has 1 saturated heterocycles. The van der Waals surface area contributed by atoms with Crippen molar-refractivity contribution in [2.75, 3.05) is 13.1 Å². The maximum atomic E-state index is 11.9. The van der Waals surface area contributed by atoms with E-state index in [1.54, 1.807) is 0 Å². The van der Waals surface area contributed by atoms with E-state index in [0.717, 1.165) is 38.3 Å². The number of piperidine rings is 1. The molecule has 0 unspecified atom stereocenters. The standard InChI is InChI=1S/C16H29NO2/c1-6-7-13(2)12-14-8-10-17(11-9-14)15(18)19-16(3,4)5/h6,13-14H,1,7-12H2,2-5H3/t13-/m1/s1. The molecule has 0 aromatic rings. The number of likely N-dealkylation sites (tertiary alicyclic amines) is 1. The Bertz CT molecular complexity index is 298. The molecule has 19 heavy (non-hydrogen) atoms. The third kappa shape index (κ3) is 6.13. The molecule has 0 saturated carbocycles. The van der Waals surface area contributed by atoms with Gasteiger partial charge in [0.25, 0.3) is 0 Å². The van der Waals surface area contributed by atoms with E-state index < -0.39 is 5.60 Å². The lowest BCUT2D eigenvalue weighted by atomic mass is 9.87. The Labute approximate surface area is 118 Å². The van der Waals surface area contributed by atoms with Crippen LogP contribution in [0.1, 0.15) is 53.4 Å². The average molecular weight is 267 g/mol. The van der Waals surface area contributed by atoms with Gasteiger partial charge in [-0.3, -0.25) is 0 Å². The van der Waals surface area contributed by atoms with Crippen LogP contribution in [0.5, 0.6) is 0 Å². The maximum Gasteiger partial charge on any atom is 0.410 e. The van der Waals surface area contributed by atoms with Crippen LogP contribution in [-0.2, 0) is 4.74 Å². The molecule has 0 aliphatic carbocycles. The normalized spacial score (nSPS) is 19.1. The van der Waals surface area contributed by atoms with E-state index in [2.05, 4.69) is 13.5 Å². The summed E-state index contributed by atoms with van der Waals surface area (Å²) in [5.41, 5.74) is -0.396. The summed E-state index contributed by atoms with van der Waals surface area (Å²) >= 11 is 0. The highest BCUT2D eigenvalue weighted by molar-refractivity contribution is 5.68. The second-order valence-electron chi connectivity index (χ2n) is 6.78. The highest BCUT2D eigenvalue weighted by Gasteiger charge is 2.27. The summed E-state index contributed by atoms with van der Waals surface area (Å²) in [6, 6.07) is 0. The number of nitrogens with zero attached hydrogens (tertiary/aromatic N) is 1. The van der Waals surface area contributed by atoms with E-state index in [-0.39, 0.29) is 6.09 Å². The number of hydrogen-bond acceptors (Lipinski definition) is 2. The molecule has 0 aromatic carbocycles. The van der Waals surface area contributed by atoms with Crippen molar-refractivity contribution in [3.63, 3.8) is 0 Å². The Kier molecular flexibility index (Phi) is 5.89. The topological polar surface area (TPSA) is 29.5 Å². The summed E-state index contributed by atoms with van der Waals surface area (Å²) < 4.78 is 5.41. The molecule has 110 valence electrons. The van der Waals surface area contributed by atoms with Crippen molar-refractivity contribution in [2.45, 2.75) is 59.0 Å². The lowest BCUT2D eigenvalue weighted by molar-refractivity contribution is 0.0176. The molecule has 1 rings (SSSR count). The Morgan fingerprint density at radius 2 is 2.00 bits per heavy atom. The van der Waals surface area contributed by atoms with Gasteiger partial charge >= 0.3 is 6.09 Å². The van der Waals surface area contributed by atoms with E-state index >= 15 is 0 Å². The van der Waals surface area contributed by atoms with Gasteiger partial charge in [0.05, 0.1) is 0 Å². The highest BCUT2D eigenvalue weighted by atomic mass is 16.6. The summed E-state index contributed by atoms with van der Waals surface area (Å²) in [4.78, 5) is 13.8. The van der Waals surface area contributed by atoms with Crippen LogP contribution in [0.25, 0.3) is 0 Å². The van der Waals surface area contributed by atoms with Gasteiger partial charge in [-0.05, 0) is 58.3 Å². The quantitative estimate of drug-likeness (QED) is 0.713. The highest BCUT2D eigenvalue weighted by Crippen LogP contribution is 2.26. The van der Waals surface area contributed by atoms with Crippen molar-refractivity contribution in [3.8, 4) is 0 Å². The Morgan fingerprint density at radius 1 is 1.42 bits per heavy atom. The largest absolute Gasteiger partial charge is 0.444 e. The SMILES string of the molecule is C=CC[C@@H](C)CC1CCN(C(=O)OC(C)(C)C)CC1. The fourth-order valence-electron chi connectivity index (χ4n) is 2.63. The molecule has 0 spiro atoms.